The van der Waals surface area contributed by atoms with E-state index in [-0.39, 0.29) is 16.2 Å². The number of aryl methyl sites for hydroxylation is 2. The maximum Gasteiger partial charge on any atom is 0.144 e. The predicted molar refractivity (Wildman–Crippen MR) is 311 cm³/mol. The first-order chi connectivity index (χ1) is 36.3. The number of hydrogen-bond donors (Lipinski definition) is 0. The van der Waals surface area contributed by atoms with Crippen molar-refractivity contribution in [2.75, 3.05) is 4.90 Å². The molecule has 0 atom stereocenters. The molecular formula is C71H53NO3. The molecule has 4 nitrogen and oxygen atoms in total. The topological polar surface area (TPSA) is 42.7 Å². The number of furan rings is 3. The minimum atomic E-state index is -0.376. The maximum atomic E-state index is 7.09. The van der Waals surface area contributed by atoms with Crippen LogP contribution in [-0.2, 0) is 16.2 Å². The van der Waals surface area contributed by atoms with Gasteiger partial charge in [0.1, 0.15) is 33.5 Å². The Morgan fingerprint density at radius 2 is 0.840 bits per heavy atom. The van der Waals surface area contributed by atoms with E-state index in [2.05, 4.69) is 230 Å². The van der Waals surface area contributed by atoms with Crippen molar-refractivity contribution >= 4 is 82.9 Å². The lowest BCUT2D eigenvalue weighted by molar-refractivity contribution is 0.600. The summed E-state index contributed by atoms with van der Waals surface area (Å²) < 4.78 is 20.7. The molecule has 0 saturated heterocycles. The van der Waals surface area contributed by atoms with Crippen LogP contribution in [0.15, 0.2) is 189 Å². The van der Waals surface area contributed by atoms with E-state index in [1.54, 1.807) is 0 Å². The number of hydrogen-bond acceptors (Lipinski definition) is 4. The Morgan fingerprint density at radius 3 is 1.55 bits per heavy atom. The van der Waals surface area contributed by atoms with Crippen molar-refractivity contribution in [2.45, 2.75) is 71.6 Å². The van der Waals surface area contributed by atoms with Crippen LogP contribution in [0.2, 0.25) is 0 Å². The van der Waals surface area contributed by atoms with Gasteiger partial charge in [0.2, 0.25) is 0 Å². The average molecular weight is 968 g/mol. The van der Waals surface area contributed by atoms with Crippen molar-refractivity contribution in [1.29, 1.82) is 0 Å². The monoisotopic (exact) mass is 967 g/mol. The van der Waals surface area contributed by atoms with Crippen LogP contribution in [0, 0.1) is 13.8 Å². The molecule has 0 aliphatic heterocycles. The zero-order chi connectivity index (χ0) is 50.6. The smallest absolute Gasteiger partial charge is 0.144 e. The number of nitrogens with zero attached hydrogens (tertiary/aromatic N) is 1. The number of para-hydroxylation sites is 3. The standard InChI is InChI=1S/C71H53NO3/c1-38-25-29-43(39(2)33-38)51-37-55-60(62-49-19-11-15-23-57(49)74-67(51)62)47-31-27-40(34-53(47)69(55,3)4)72(42-26-30-45-44-17-10-14-22-56(44)73-59(45)36-42)41-28-32-48-54(35-41)71(7,8)66-64(48)68-63(50-20-12-16-24-58(50)75-68)61-46-18-9-13-21-52(46)70(5,6)65(61)66/h9-37H,1-8H3. The maximum absolute atomic E-state index is 7.09. The van der Waals surface area contributed by atoms with Crippen LogP contribution < -0.4 is 4.90 Å². The van der Waals surface area contributed by atoms with Crippen LogP contribution >= 0.6 is 0 Å². The van der Waals surface area contributed by atoms with E-state index in [0.29, 0.717) is 0 Å². The molecule has 3 aliphatic rings. The van der Waals surface area contributed by atoms with E-state index in [9.17, 15) is 0 Å². The Morgan fingerprint density at radius 1 is 0.333 bits per heavy atom. The van der Waals surface area contributed by atoms with E-state index in [1.165, 1.54) is 99.6 Å². The minimum absolute atomic E-state index is 0.235. The largest absolute Gasteiger partial charge is 0.456 e. The van der Waals surface area contributed by atoms with Gasteiger partial charge < -0.3 is 18.2 Å². The third-order valence-corrected chi connectivity index (χ3v) is 18.0. The van der Waals surface area contributed by atoms with E-state index >= 15 is 0 Å². The van der Waals surface area contributed by atoms with Crippen molar-refractivity contribution in [1.82, 2.24) is 0 Å². The minimum Gasteiger partial charge on any atom is -0.456 e. The summed E-state index contributed by atoms with van der Waals surface area (Å²) in [6.45, 7) is 18.9. The molecule has 0 radical (unpaired) electrons. The van der Waals surface area contributed by atoms with Gasteiger partial charge in [-0.2, -0.15) is 0 Å². The lowest BCUT2D eigenvalue weighted by Gasteiger charge is -2.32. The molecule has 3 aliphatic carbocycles. The Hall–Kier alpha value is -8.60. The van der Waals surface area contributed by atoms with Gasteiger partial charge in [0.05, 0.1) is 0 Å². The van der Waals surface area contributed by atoms with Gasteiger partial charge in [0.15, 0.2) is 0 Å². The van der Waals surface area contributed by atoms with Gasteiger partial charge in [-0.05, 0) is 147 Å². The molecule has 3 heterocycles. The molecule has 3 aromatic heterocycles. The summed E-state index contributed by atoms with van der Waals surface area (Å²) in [5.74, 6) is 0. The Kier molecular flexibility index (Phi) is 8.21. The number of rotatable bonds is 4. The van der Waals surface area contributed by atoms with Crippen molar-refractivity contribution < 1.29 is 13.3 Å². The molecule has 0 amide bonds. The molecule has 0 spiro atoms. The molecule has 75 heavy (non-hydrogen) atoms. The van der Waals surface area contributed by atoms with E-state index < -0.39 is 0 Å². The van der Waals surface area contributed by atoms with E-state index in [4.69, 9.17) is 13.3 Å². The summed E-state index contributed by atoms with van der Waals surface area (Å²) in [6, 6.07) is 64.8. The third-order valence-electron chi connectivity index (χ3n) is 18.0. The molecule has 0 fully saturated rings. The second kappa shape index (κ2) is 14.4. The van der Waals surface area contributed by atoms with Gasteiger partial charge in [-0.25, -0.2) is 0 Å². The number of fused-ring (bicyclic) bond motifs is 22. The highest BCUT2D eigenvalue weighted by Gasteiger charge is 2.49. The summed E-state index contributed by atoms with van der Waals surface area (Å²) in [6.07, 6.45) is 0. The molecule has 0 bridgehead atoms. The molecule has 10 aromatic carbocycles. The molecule has 4 heteroatoms. The van der Waals surface area contributed by atoms with Crippen LogP contribution in [0.4, 0.5) is 17.1 Å². The van der Waals surface area contributed by atoms with Crippen LogP contribution in [0.3, 0.4) is 0 Å². The summed E-state index contributed by atoms with van der Waals surface area (Å²) in [5.41, 5.74) is 28.2. The first-order valence-corrected chi connectivity index (χ1v) is 26.5. The van der Waals surface area contributed by atoms with Gasteiger partial charge in [-0.3, -0.25) is 0 Å². The predicted octanol–water partition coefficient (Wildman–Crippen LogP) is 20.1. The third kappa shape index (κ3) is 5.46. The fourth-order valence-corrected chi connectivity index (χ4v) is 14.5. The van der Waals surface area contributed by atoms with Gasteiger partial charge in [-0.15, -0.1) is 0 Å². The van der Waals surface area contributed by atoms with Crippen molar-refractivity contribution in [3.8, 4) is 44.5 Å². The Labute approximate surface area is 435 Å². The average Bonchev–Trinajstić information content (AvgIpc) is 4.43. The van der Waals surface area contributed by atoms with Crippen LogP contribution in [0.1, 0.15) is 86.1 Å². The van der Waals surface area contributed by atoms with Gasteiger partial charge in [-0.1, -0.05) is 156 Å². The SMILES string of the molecule is Cc1ccc(-c2cc3c(c4c2oc2ccccc24)-c2ccc(N(c4ccc5c(c4)C(C)(C)c4c6c(c7c(oc8ccccc87)c4-5)-c4ccccc4C6(C)C)c4ccc5c(c4)oc4ccccc45)cc2C3(C)C)c(C)c1. The Balaban J connectivity index is 0.931. The number of anilines is 3. The van der Waals surface area contributed by atoms with Crippen LogP contribution in [-0.4, -0.2) is 0 Å². The Bertz CT molecular complexity index is 4720. The van der Waals surface area contributed by atoms with Gasteiger partial charge >= 0.3 is 0 Å². The normalized spacial score (nSPS) is 15.3. The highest BCUT2D eigenvalue weighted by molar-refractivity contribution is 6.22. The summed E-state index contributed by atoms with van der Waals surface area (Å²) >= 11 is 0. The highest BCUT2D eigenvalue weighted by atomic mass is 16.3. The van der Waals surface area contributed by atoms with Crippen LogP contribution in [0.5, 0.6) is 0 Å². The first kappa shape index (κ1) is 42.9. The summed E-state index contributed by atoms with van der Waals surface area (Å²) in [7, 11) is 0. The van der Waals surface area contributed by atoms with Crippen molar-refractivity contribution in [3.05, 3.63) is 220 Å². The molecule has 16 rings (SSSR count). The molecule has 0 N–H and O–H groups in total. The number of benzene rings is 10. The van der Waals surface area contributed by atoms with Crippen LogP contribution in [0.25, 0.3) is 110 Å². The van der Waals surface area contributed by atoms with Crippen molar-refractivity contribution in [2.24, 2.45) is 0 Å². The summed E-state index contributed by atoms with van der Waals surface area (Å²) in [4.78, 5) is 2.45. The fourth-order valence-electron chi connectivity index (χ4n) is 14.5. The quantitative estimate of drug-likeness (QED) is 0.176. The lowest BCUT2D eigenvalue weighted by atomic mass is 9.72. The van der Waals surface area contributed by atoms with E-state index in [0.717, 1.165) is 72.3 Å². The second-order valence-electron chi connectivity index (χ2n) is 23.3. The zero-order valence-corrected chi connectivity index (χ0v) is 43.4. The molecular weight excluding hydrogens is 915 g/mol. The van der Waals surface area contributed by atoms with Gasteiger partial charge in [0.25, 0.3) is 0 Å². The second-order valence-corrected chi connectivity index (χ2v) is 23.3. The van der Waals surface area contributed by atoms with Gasteiger partial charge in [0, 0.05) is 82.8 Å². The molecule has 0 unspecified atom stereocenters. The highest BCUT2D eigenvalue weighted by Crippen LogP contribution is 2.64. The molecule has 360 valence electrons. The first-order valence-electron chi connectivity index (χ1n) is 26.5. The molecule has 0 saturated carbocycles. The molecule has 13 aromatic rings. The zero-order valence-electron chi connectivity index (χ0n) is 43.4. The van der Waals surface area contributed by atoms with E-state index in [1.807, 2.05) is 6.07 Å². The fraction of sp³-hybridized carbons (Fsp3) is 0.155. The summed E-state index contributed by atoms with van der Waals surface area (Å²) in [5, 5.41) is 6.93. The van der Waals surface area contributed by atoms with Crippen molar-refractivity contribution in [3.63, 3.8) is 0 Å². The lowest BCUT2D eigenvalue weighted by Crippen LogP contribution is -2.24.